The van der Waals surface area contributed by atoms with E-state index in [0.29, 0.717) is 0 Å². The van der Waals surface area contributed by atoms with Crippen LogP contribution < -0.4 is 5.32 Å². The van der Waals surface area contributed by atoms with Crippen LogP contribution in [0, 0.1) is 6.92 Å². The zero-order chi connectivity index (χ0) is 10.8. The fourth-order valence-electron chi connectivity index (χ4n) is 1.39. The number of aryl methyl sites for hydroxylation is 2. The Bertz CT molecular complexity index is 294. The fourth-order valence-corrected chi connectivity index (χ4v) is 1.39. The predicted molar refractivity (Wildman–Crippen MR) is 60.6 cm³/mol. The lowest BCUT2D eigenvalue weighted by molar-refractivity contribution is 0.603. The highest BCUT2D eigenvalue weighted by molar-refractivity contribution is 5.31. The molecule has 1 rings (SSSR count). The van der Waals surface area contributed by atoms with Gasteiger partial charge in [-0.25, -0.2) is 4.98 Å². The number of nitrogens with one attached hydrogen (secondary N) is 1. The van der Waals surface area contributed by atoms with E-state index in [-0.39, 0.29) is 5.54 Å². The van der Waals surface area contributed by atoms with Crippen LogP contribution in [-0.2, 0) is 6.54 Å². The monoisotopic (exact) mass is 195 g/mol. The summed E-state index contributed by atoms with van der Waals surface area (Å²) >= 11 is 0. The minimum absolute atomic E-state index is 0.0727. The lowest BCUT2D eigenvalue weighted by atomic mass is 10.1. The summed E-state index contributed by atoms with van der Waals surface area (Å²) < 4.78 is 2.18. The van der Waals surface area contributed by atoms with Crippen LogP contribution in [0.5, 0.6) is 0 Å². The van der Waals surface area contributed by atoms with E-state index in [2.05, 4.69) is 48.8 Å². The molecule has 80 valence electrons. The van der Waals surface area contributed by atoms with Gasteiger partial charge in [-0.05, 0) is 34.1 Å². The number of nitrogens with zero attached hydrogens (tertiary/aromatic N) is 2. The number of rotatable bonds is 3. The van der Waals surface area contributed by atoms with Crippen molar-refractivity contribution in [1.29, 1.82) is 0 Å². The van der Waals surface area contributed by atoms with E-state index in [9.17, 15) is 0 Å². The first-order valence-corrected chi connectivity index (χ1v) is 5.24. The van der Waals surface area contributed by atoms with Crippen molar-refractivity contribution in [2.45, 2.75) is 53.1 Å². The zero-order valence-electron chi connectivity index (χ0n) is 9.89. The Morgan fingerprint density at radius 1 is 1.43 bits per heavy atom. The molecule has 3 heteroatoms. The van der Waals surface area contributed by atoms with Crippen molar-refractivity contribution >= 4 is 5.95 Å². The predicted octanol–water partition coefficient (Wildman–Crippen LogP) is 2.81. The first-order valence-electron chi connectivity index (χ1n) is 5.24. The van der Waals surface area contributed by atoms with E-state index in [1.807, 2.05) is 6.92 Å². The van der Waals surface area contributed by atoms with E-state index < -0.39 is 0 Å². The van der Waals surface area contributed by atoms with Gasteiger partial charge in [-0.15, -0.1) is 0 Å². The third-order valence-electron chi connectivity index (χ3n) is 1.85. The maximum Gasteiger partial charge on any atom is 0.203 e. The second-order valence-electron chi connectivity index (χ2n) is 4.77. The Morgan fingerprint density at radius 3 is 2.57 bits per heavy atom. The molecular formula is C11H21N3. The molecule has 0 unspecified atom stereocenters. The summed E-state index contributed by atoms with van der Waals surface area (Å²) in [5.41, 5.74) is 1.15. The highest BCUT2D eigenvalue weighted by Crippen LogP contribution is 2.14. The van der Waals surface area contributed by atoms with Crippen LogP contribution in [0.2, 0.25) is 0 Å². The maximum atomic E-state index is 4.47. The first kappa shape index (κ1) is 11.1. The van der Waals surface area contributed by atoms with E-state index in [0.717, 1.165) is 24.6 Å². The van der Waals surface area contributed by atoms with Gasteiger partial charge in [-0.3, -0.25) is 0 Å². The Hall–Kier alpha value is -0.990. The van der Waals surface area contributed by atoms with E-state index in [4.69, 9.17) is 0 Å². The molecule has 1 N–H and O–H groups in total. The molecule has 0 aliphatic carbocycles. The van der Waals surface area contributed by atoms with E-state index in [1.54, 1.807) is 0 Å². The van der Waals surface area contributed by atoms with Crippen LogP contribution in [0.1, 0.15) is 39.8 Å². The average Bonchev–Trinajstić information content (AvgIpc) is 2.28. The molecule has 0 aliphatic rings. The summed E-state index contributed by atoms with van der Waals surface area (Å²) in [6.07, 6.45) is 3.23. The average molecular weight is 195 g/mol. The summed E-state index contributed by atoms with van der Waals surface area (Å²) in [5.74, 6) is 0.983. The molecule has 0 spiro atoms. The molecule has 1 heterocycles. The lowest BCUT2D eigenvalue weighted by Gasteiger charge is -2.21. The van der Waals surface area contributed by atoms with Crippen LogP contribution in [0.3, 0.4) is 0 Å². The quantitative estimate of drug-likeness (QED) is 0.803. The zero-order valence-corrected chi connectivity index (χ0v) is 9.89. The standard InChI is InChI=1S/C11H21N3/c1-6-7-14-8-9(2)12-10(14)13-11(3,4)5/h8H,6-7H2,1-5H3,(H,12,13). The van der Waals surface area contributed by atoms with Gasteiger partial charge in [-0.1, -0.05) is 6.92 Å². The normalized spacial score (nSPS) is 11.8. The highest BCUT2D eigenvalue weighted by atomic mass is 15.2. The highest BCUT2D eigenvalue weighted by Gasteiger charge is 2.13. The molecule has 1 aromatic heterocycles. The molecule has 14 heavy (non-hydrogen) atoms. The molecule has 0 saturated carbocycles. The van der Waals surface area contributed by atoms with Gasteiger partial charge in [0.25, 0.3) is 0 Å². The van der Waals surface area contributed by atoms with Crippen molar-refractivity contribution in [1.82, 2.24) is 9.55 Å². The number of hydrogen-bond acceptors (Lipinski definition) is 2. The largest absolute Gasteiger partial charge is 0.351 e. The number of anilines is 1. The van der Waals surface area contributed by atoms with Gasteiger partial charge >= 0.3 is 0 Å². The Labute approximate surface area is 86.5 Å². The first-order chi connectivity index (χ1) is 6.42. The minimum Gasteiger partial charge on any atom is -0.351 e. The Balaban J connectivity index is 2.84. The van der Waals surface area contributed by atoms with Gasteiger partial charge in [0.05, 0.1) is 5.69 Å². The number of hydrogen-bond donors (Lipinski definition) is 1. The third kappa shape index (κ3) is 3.05. The second kappa shape index (κ2) is 4.03. The summed E-state index contributed by atoms with van der Waals surface area (Å²) in [7, 11) is 0. The van der Waals surface area contributed by atoms with Gasteiger partial charge in [0.1, 0.15) is 0 Å². The van der Waals surface area contributed by atoms with Crippen LogP contribution in [-0.4, -0.2) is 15.1 Å². The van der Waals surface area contributed by atoms with Crippen LogP contribution in [0.4, 0.5) is 5.95 Å². The molecule has 0 aliphatic heterocycles. The van der Waals surface area contributed by atoms with Gasteiger partial charge in [0.15, 0.2) is 0 Å². The summed E-state index contributed by atoms with van der Waals surface area (Å²) in [6, 6.07) is 0. The van der Waals surface area contributed by atoms with Gasteiger partial charge < -0.3 is 9.88 Å². The lowest BCUT2D eigenvalue weighted by Crippen LogP contribution is -2.28. The number of aromatic nitrogens is 2. The van der Waals surface area contributed by atoms with Crippen molar-refractivity contribution in [2.24, 2.45) is 0 Å². The second-order valence-corrected chi connectivity index (χ2v) is 4.77. The molecule has 0 amide bonds. The summed E-state index contributed by atoms with van der Waals surface area (Å²) in [6.45, 7) is 11.7. The van der Waals surface area contributed by atoms with Crippen LogP contribution >= 0.6 is 0 Å². The fraction of sp³-hybridized carbons (Fsp3) is 0.727. The molecule has 0 bridgehead atoms. The van der Waals surface area contributed by atoms with Crippen molar-refractivity contribution < 1.29 is 0 Å². The van der Waals surface area contributed by atoms with Gasteiger partial charge in [0.2, 0.25) is 5.95 Å². The smallest absolute Gasteiger partial charge is 0.203 e. The Kier molecular flexibility index (Phi) is 3.19. The minimum atomic E-state index is 0.0727. The van der Waals surface area contributed by atoms with E-state index >= 15 is 0 Å². The molecule has 1 aromatic rings. The van der Waals surface area contributed by atoms with Crippen molar-refractivity contribution in [3.05, 3.63) is 11.9 Å². The van der Waals surface area contributed by atoms with Gasteiger partial charge in [-0.2, -0.15) is 0 Å². The van der Waals surface area contributed by atoms with E-state index in [1.165, 1.54) is 0 Å². The third-order valence-corrected chi connectivity index (χ3v) is 1.85. The van der Waals surface area contributed by atoms with Crippen molar-refractivity contribution in [2.75, 3.05) is 5.32 Å². The molecular weight excluding hydrogens is 174 g/mol. The molecule has 0 saturated heterocycles. The molecule has 0 aromatic carbocycles. The number of imidazole rings is 1. The topological polar surface area (TPSA) is 29.9 Å². The molecule has 0 fully saturated rings. The molecule has 3 nitrogen and oxygen atoms in total. The molecule has 0 atom stereocenters. The van der Waals surface area contributed by atoms with Crippen LogP contribution in [0.15, 0.2) is 6.20 Å². The van der Waals surface area contributed by atoms with Crippen molar-refractivity contribution in [3.8, 4) is 0 Å². The SMILES string of the molecule is CCCn1cc(C)nc1NC(C)(C)C. The summed E-state index contributed by atoms with van der Waals surface area (Å²) in [5, 5.41) is 3.41. The summed E-state index contributed by atoms with van der Waals surface area (Å²) in [4.78, 5) is 4.47. The van der Waals surface area contributed by atoms with Gasteiger partial charge in [0, 0.05) is 18.3 Å². The Morgan fingerprint density at radius 2 is 2.07 bits per heavy atom. The van der Waals surface area contributed by atoms with Crippen molar-refractivity contribution in [3.63, 3.8) is 0 Å². The van der Waals surface area contributed by atoms with Crippen LogP contribution in [0.25, 0.3) is 0 Å². The molecule has 0 radical (unpaired) electrons. The maximum absolute atomic E-state index is 4.47.